The lowest BCUT2D eigenvalue weighted by Gasteiger charge is -2.49. The summed E-state index contributed by atoms with van der Waals surface area (Å²) >= 11 is 1.53. The van der Waals surface area contributed by atoms with Crippen molar-refractivity contribution in [1.82, 2.24) is 15.2 Å². The Bertz CT molecular complexity index is 640. The lowest BCUT2D eigenvalue weighted by Crippen LogP contribution is -2.62. The van der Waals surface area contributed by atoms with Crippen molar-refractivity contribution in [2.75, 3.05) is 13.1 Å². The molecule has 0 aliphatic carbocycles. The van der Waals surface area contributed by atoms with E-state index in [1.807, 2.05) is 18.2 Å². The maximum absolute atomic E-state index is 12.6. The average Bonchev–Trinajstić information content (AvgIpc) is 2.95. The highest BCUT2D eigenvalue weighted by Crippen LogP contribution is 2.32. The second-order valence-corrected chi connectivity index (χ2v) is 7.19. The van der Waals surface area contributed by atoms with Gasteiger partial charge in [0, 0.05) is 18.3 Å². The van der Waals surface area contributed by atoms with Crippen LogP contribution < -0.4 is 5.32 Å². The van der Waals surface area contributed by atoms with Crippen molar-refractivity contribution in [3.8, 4) is 0 Å². The molecule has 3 saturated heterocycles. The van der Waals surface area contributed by atoms with Crippen LogP contribution in [0.5, 0.6) is 0 Å². The fourth-order valence-electron chi connectivity index (χ4n) is 3.75. The maximum atomic E-state index is 12.6. The highest BCUT2D eigenvalue weighted by molar-refractivity contribution is 7.20. The number of hydrogen-bond acceptors (Lipinski definition) is 4. The summed E-state index contributed by atoms with van der Waals surface area (Å²) in [7, 11) is 0. The Balaban J connectivity index is 1.55. The third-order valence-electron chi connectivity index (χ3n) is 4.99. The van der Waals surface area contributed by atoms with Crippen LogP contribution in [0.15, 0.2) is 24.4 Å². The van der Waals surface area contributed by atoms with E-state index in [1.54, 1.807) is 6.20 Å². The lowest BCUT2D eigenvalue weighted by molar-refractivity contribution is 0.0218. The zero-order valence-corrected chi connectivity index (χ0v) is 12.9. The normalized spacial score (nSPS) is 31.5. The minimum Gasteiger partial charge on any atom is -0.347 e. The van der Waals surface area contributed by atoms with Gasteiger partial charge in [-0.25, -0.2) is 0 Å². The van der Waals surface area contributed by atoms with Gasteiger partial charge in [-0.2, -0.15) is 0 Å². The highest BCUT2D eigenvalue weighted by Gasteiger charge is 2.40. The lowest BCUT2D eigenvalue weighted by atomic mass is 9.79. The minimum atomic E-state index is 0.0589. The van der Waals surface area contributed by atoms with Crippen LogP contribution in [0.2, 0.25) is 0 Å². The van der Waals surface area contributed by atoms with Gasteiger partial charge in [0.15, 0.2) is 0 Å². The van der Waals surface area contributed by atoms with Crippen molar-refractivity contribution >= 4 is 27.5 Å². The number of carbonyl (C=O) groups excluding carboxylic acids is 1. The molecule has 3 aliphatic rings. The molecule has 110 valence electrons. The monoisotopic (exact) mass is 301 g/mol. The van der Waals surface area contributed by atoms with E-state index in [1.165, 1.54) is 37.3 Å². The number of fused-ring (bicyclic) bond motifs is 4. The van der Waals surface area contributed by atoms with Crippen LogP contribution in [0.4, 0.5) is 0 Å². The van der Waals surface area contributed by atoms with E-state index < -0.39 is 0 Å². The average molecular weight is 301 g/mol. The predicted octanol–water partition coefficient (Wildman–Crippen LogP) is 2.51. The molecule has 4 nitrogen and oxygen atoms in total. The summed E-state index contributed by atoms with van der Waals surface area (Å²) < 4.78 is 1.07. The molecule has 2 bridgehead atoms. The molecule has 5 heterocycles. The van der Waals surface area contributed by atoms with Crippen LogP contribution in [0.3, 0.4) is 0 Å². The van der Waals surface area contributed by atoms with Crippen molar-refractivity contribution < 1.29 is 4.79 Å². The number of aromatic nitrogens is 1. The molecule has 0 radical (unpaired) electrons. The standard InChI is InChI=1S/C16H19N3OS/c1-10-15(11-4-7-19(10)8-5-11)18-16(20)14-9-12-13(21-14)3-2-6-17-12/h2-3,6,9-11,15H,4-5,7-8H2,1H3,(H,18,20). The van der Waals surface area contributed by atoms with Gasteiger partial charge in [-0.3, -0.25) is 14.7 Å². The molecular formula is C16H19N3OS. The number of rotatable bonds is 2. The van der Waals surface area contributed by atoms with Crippen molar-refractivity contribution in [1.29, 1.82) is 0 Å². The third kappa shape index (κ3) is 2.24. The second kappa shape index (κ2) is 5.07. The third-order valence-corrected chi connectivity index (χ3v) is 6.08. The van der Waals surface area contributed by atoms with Gasteiger partial charge in [0.2, 0.25) is 0 Å². The van der Waals surface area contributed by atoms with Gasteiger partial charge < -0.3 is 5.32 Å². The number of carbonyl (C=O) groups is 1. The predicted molar refractivity (Wildman–Crippen MR) is 84.6 cm³/mol. The first-order valence-corrected chi connectivity index (χ1v) is 8.43. The number of nitrogens with zero attached hydrogens (tertiary/aromatic N) is 2. The number of thiophene rings is 1. The largest absolute Gasteiger partial charge is 0.347 e. The van der Waals surface area contributed by atoms with Gasteiger partial charge in [-0.1, -0.05) is 0 Å². The fourth-order valence-corrected chi connectivity index (χ4v) is 4.67. The number of piperidine rings is 3. The Morgan fingerprint density at radius 1 is 1.43 bits per heavy atom. The smallest absolute Gasteiger partial charge is 0.261 e. The molecule has 1 N–H and O–H groups in total. The van der Waals surface area contributed by atoms with E-state index in [9.17, 15) is 4.79 Å². The fraction of sp³-hybridized carbons (Fsp3) is 0.500. The molecule has 2 atom stereocenters. The van der Waals surface area contributed by atoms with Gasteiger partial charge in [0.05, 0.1) is 15.1 Å². The van der Waals surface area contributed by atoms with Crippen molar-refractivity contribution in [2.45, 2.75) is 31.8 Å². The minimum absolute atomic E-state index is 0.0589. The summed E-state index contributed by atoms with van der Waals surface area (Å²) in [5.74, 6) is 0.699. The molecule has 2 aromatic rings. The Kier molecular flexibility index (Phi) is 3.19. The van der Waals surface area contributed by atoms with E-state index in [4.69, 9.17) is 0 Å². The first kappa shape index (κ1) is 13.2. The highest BCUT2D eigenvalue weighted by atomic mass is 32.1. The molecule has 5 heteroatoms. The molecule has 2 unspecified atom stereocenters. The molecule has 2 aromatic heterocycles. The van der Waals surface area contributed by atoms with E-state index in [0.717, 1.165) is 15.1 Å². The summed E-state index contributed by atoms with van der Waals surface area (Å²) in [5, 5.41) is 3.28. The Morgan fingerprint density at radius 2 is 2.24 bits per heavy atom. The maximum Gasteiger partial charge on any atom is 0.261 e. The first-order valence-electron chi connectivity index (χ1n) is 7.62. The van der Waals surface area contributed by atoms with Gasteiger partial charge in [0.25, 0.3) is 5.91 Å². The first-order chi connectivity index (χ1) is 10.2. The van der Waals surface area contributed by atoms with Gasteiger partial charge >= 0.3 is 0 Å². The van der Waals surface area contributed by atoms with E-state index in [-0.39, 0.29) is 11.9 Å². The van der Waals surface area contributed by atoms with Crippen LogP contribution in [0.1, 0.15) is 29.4 Å². The molecule has 0 aromatic carbocycles. The van der Waals surface area contributed by atoms with E-state index in [2.05, 4.69) is 22.1 Å². The Hall–Kier alpha value is -1.46. The number of pyridine rings is 1. The SMILES string of the molecule is CC1C(NC(=O)c2cc3ncccc3s2)C2CCN1CC2. The van der Waals surface area contributed by atoms with E-state index in [0.29, 0.717) is 12.0 Å². The van der Waals surface area contributed by atoms with Gasteiger partial charge in [0.1, 0.15) is 0 Å². The molecule has 0 spiro atoms. The molecule has 1 amide bonds. The molecule has 21 heavy (non-hydrogen) atoms. The van der Waals surface area contributed by atoms with Crippen LogP contribution in [-0.4, -0.2) is 41.0 Å². The van der Waals surface area contributed by atoms with Crippen LogP contribution in [0, 0.1) is 5.92 Å². The Morgan fingerprint density at radius 3 is 2.95 bits per heavy atom. The number of hydrogen-bond donors (Lipinski definition) is 1. The molecule has 0 saturated carbocycles. The van der Waals surface area contributed by atoms with Crippen molar-refractivity contribution in [2.24, 2.45) is 5.92 Å². The molecule has 3 fully saturated rings. The summed E-state index contributed by atoms with van der Waals surface area (Å²) in [4.78, 5) is 20.1. The van der Waals surface area contributed by atoms with Crippen molar-refractivity contribution in [3.05, 3.63) is 29.3 Å². The summed E-state index contributed by atoms with van der Waals surface area (Å²) in [6.07, 6.45) is 4.19. The zero-order valence-electron chi connectivity index (χ0n) is 12.1. The molecular weight excluding hydrogens is 282 g/mol. The van der Waals surface area contributed by atoms with Gasteiger partial charge in [-0.15, -0.1) is 11.3 Å². The van der Waals surface area contributed by atoms with Crippen LogP contribution in [-0.2, 0) is 0 Å². The van der Waals surface area contributed by atoms with Crippen LogP contribution in [0.25, 0.3) is 10.2 Å². The van der Waals surface area contributed by atoms with Crippen LogP contribution >= 0.6 is 11.3 Å². The zero-order chi connectivity index (χ0) is 14.4. The Labute approximate surface area is 128 Å². The topological polar surface area (TPSA) is 45.2 Å². The molecule has 3 aliphatic heterocycles. The van der Waals surface area contributed by atoms with Crippen molar-refractivity contribution in [3.63, 3.8) is 0 Å². The quantitative estimate of drug-likeness (QED) is 0.927. The summed E-state index contributed by atoms with van der Waals surface area (Å²) in [5.41, 5.74) is 0.912. The van der Waals surface area contributed by atoms with Gasteiger partial charge in [-0.05, 0) is 57.0 Å². The summed E-state index contributed by atoms with van der Waals surface area (Å²) in [6.45, 7) is 4.61. The second-order valence-electron chi connectivity index (χ2n) is 6.11. The molecule has 5 rings (SSSR count). The number of amides is 1. The number of nitrogens with one attached hydrogen (secondary N) is 1. The summed E-state index contributed by atoms with van der Waals surface area (Å²) in [6, 6.07) is 6.57. The van der Waals surface area contributed by atoms with E-state index >= 15 is 0 Å².